The number of hydrogen-bond donors (Lipinski definition) is 0. The Kier molecular flexibility index (Phi) is 5.00. The second-order valence-electron chi connectivity index (χ2n) is 7.83. The summed E-state index contributed by atoms with van der Waals surface area (Å²) in [6.07, 6.45) is 0.292. The van der Waals surface area contributed by atoms with Crippen LogP contribution >= 0.6 is 0 Å². The van der Waals surface area contributed by atoms with Crippen LogP contribution in [0.4, 0.5) is 0 Å². The van der Waals surface area contributed by atoms with Crippen molar-refractivity contribution >= 4 is 17.6 Å². The Bertz CT molecular complexity index is 1260. The summed E-state index contributed by atoms with van der Waals surface area (Å²) in [6.45, 7) is 5.18. The molecule has 0 radical (unpaired) electrons. The van der Waals surface area contributed by atoms with E-state index in [4.69, 9.17) is 0 Å². The van der Waals surface area contributed by atoms with Gasteiger partial charge in [0.15, 0.2) is 5.78 Å². The monoisotopic (exact) mass is 420 g/mol. The first-order valence-corrected chi connectivity index (χ1v) is 10.1. The molecule has 1 saturated heterocycles. The van der Waals surface area contributed by atoms with Crippen LogP contribution in [0, 0.1) is 20.8 Å². The van der Waals surface area contributed by atoms with Crippen LogP contribution in [-0.4, -0.2) is 43.0 Å². The summed E-state index contributed by atoms with van der Waals surface area (Å²) in [7, 11) is 1.82. The lowest BCUT2D eigenvalue weighted by Gasteiger charge is -2.13. The van der Waals surface area contributed by atoms with Crippen molar-refractivity contribution in [1.29, 1.82) is 0 Å². The summed E-state index contributed by atoms with van der Waals surface area (Å²) in [5.41, 5.74) is 3.50. The number of para-hydroxylation sites is 1. The van der Waals surface area contributed by atoms with Crippen molar-refractivity contribution in [3.05, 3.63) is 69.4 Å². The predicted molar refractivity (Wildman–Crippen MR) is 115 cm³/mol. The molecule has 160 valence electrons. The number of nitrogens with zero attached hydrogens (tertiary/aromatic N) is 4. The number of rotatable bonds is 5. The summed E-state index contributed by atoms with van der Waals surface area (Å²) >= 11 is 0. The summed E-state index contributed by atoms with van der Waals surface area (Å²) in [5, 5.41) is 0. The Morgan fingerprint density at radius 1 is 0.935 bits per heavy atom. The van der Waals surface area contributed by atoms with Gasteiger partial charge >= 0.3 is 0 Å². The number of carbonyl (C=O) groups excluding carboxylic acids is 3. The van der Waals surface area contributed by atoms with Crippen molar-refractivity contribution in [1.82, 2.24) is 18.8 Å². The van der Waals surface area contributed by atoms with Gasteiger partial charge in [-0.1, -0.05) is 18.2 Å². The highest BCUT2D eigenvalue weighted by Crippen LogP contribution is 2.23. The maximum Gasteiger partial charge on any atom is 0.295 e. The van der Waals surface area contributed by atoms with E-state index >= 15 is 0 Å². The molecule has 3 heterocycles. The number of likely N-dealkylation sites (tertiary alicyclic amines) is 1. The molecule has 0 bridgehead atoms. The molecule has 0 saturated carbocycles. The van der Waals surface area contributed by atoms with Gasteiger partial charge in [0.2, 0.25) is 11.8 Å². The molecule has 3 aromatic rings. The predicted octanol–water partition coefficient (Wildman–Crippen LogP) is 2.22. The minimum absolute atomic E-state index is 0.146. The van der Waals surface area contributed by atoms with Gasteiger partial charge in [-0.25, -0.2) is 4.68 Å². The third kappa shape index (κ3) is 3.24. The van der Waals surface area contributed by atoms with Crippen LogP contribution in [0.1, 0.15) is 40.3 Å². The second kappa shape index (κ2) is 7.54. The van der Waals surface area contributed by atoms with Crippen molar-refractivity contribution in [2.45, 2.75) is 33.6 Å². The third-order valence-electron chi connectivity index (χ3n) is 5.94. The lowest BCUT2D eigenvalue weighted by Crippen LogP contribution is -2.34. The molecule has 0 atom stereocenters. The summed E-state index contributed by atoms with van der Waals surface area (Å²) < 4.78 is 5.15. The Labute approximate surface area is 179 Å². The zero-order valence-corrected chi connectivity index (χ0v) is 18.0. The number of carbonyl (C=O) groups is 3. The van der Waals surface area contributed by atoms with Crippen LogP contribution in [0.3, 0.4) is 0 Å². The van der Waals surface area contributed by atoms with Crippen molar-refractivity contribution in [3.8, 4) is 11.4 Å². The molecule has 1 aliphatic heterocycles. The first-order valence-electron chi connectivity index (χ1n) is 10.1. The highest BCUT2D eigenvalue weighted by atomic mass is 16.2. The minimum Gasteiger partial charge on any atom is -0.311 e. The normalized spacial score (nSPS) is 14.0. The van der Waals surface area contributed by atoms with E-state index in [1.165, 1.54) is 0 Å². The summed E-state index contributed by atoms with van der Waals surface area (Å²) in [4.78, 5) is 51.1. The average molecular weight is 420 g/mol. The van der Waals surface area contributed by atoms with Gasteiger partial charge in [-0.2, -0.15) is 0 Å². The number of hydrogen-bond acceptors (Lipinski definition) is 4. The summed E-state index contributed by atoms with van der Waals surface area (Å²) in [6, 6.07) is 11.1. The molecule has 1 aliphatic rings. The van der Waals surface area contributed by atoms with E-state index < -0.39 is 0 Å². The van der Waals surface area contributed by atoms with Gasteiger partial charge in [-0.3, -0.25) is 28.8 Å². The highest BCUT2D eigenvalue weighted by Gasteiger charge is 2.32. The molecular weight excluding hydrogens is 396 g/mol. The van der Waals surface area contributed by atoms with Gasteiger partial charge in [0, 0.05) is 36.8 Å². The Balaban J connectivity index is 1.78. The molecular formula is C23H24N4O4. The zero-order chi connectivity index (χ0) is 22.4. The van der Waals surface area contributed by atoms with Crippen LogP contribution in [0.2, 0.25) is 0 Å². The minimum atomic E-state index is -0.322. The standard InChI is InChI=1S/C23H24N4O4/c1-14-12-18(19(28)13-25-20(29)10-11-21(25)30)15(2)26(14)22-16(3)24(4)27(23(22)31)17-8-6-5-7-9-17/h5-9,12H,10-11,13H2,1-4H3. The number of aryl methyl sites for hydroxylation is 1. The van der Waals surface area contributed by atoms with Gasteiger partial charge in [0.1, 0.15) is 5.69 Å². The second-order valence-corrected chi connectivity index (χ2v) is 7.83. The van der Waals surface area contributed by atoms with E-state index in [9.17, 15) is 19.2 Å². The number of amides is 2. The molecule has 2 amide bonds. The molecule has 8 heteroatoms. The Hall–Kier alpha value is -3.68. The van der Waals surface area contributed by atoms with Gasteiger partial charge < -0.3 is 4.57 Å². The fraction of sp³-hybridized carbons (Fsp3) is 0.304. The molecule has 1 fully saturated rings. The van der Waals surface area contributed by atoms with Gasteiger partial charge in [0.05, 0.1) is 17.9 Å². The molecule has 0 unspecified atom stereocenters. The lowest BCUT2D eigenvalue weighted by atomic mass is 10.1. The molecule has 0 spiro atoms. The van der Waals surface area contributed by atoms with E-state index in [1.807, 2.05) is 51.2 Å². The molecule has 2 aromatic heterocycles. The van der Waals surface area contributed by atoms with E-state index in [2.05, 4.69) is 0 Å². The van der Waals surface area contributed by atoms with E-state index in [0.29, 0.717) is 16.9 Å². The topological polar surface area (TPSA) is 86.3 Å². The Morgan fingerprint density at radius 2 is 1.55 bits per heavy atom. The van der Waals surface area contributed by atoms with Crippen LogP contribution < -0.4 is 5.56 Å². The lowest BCUT2D eigenvalue weighted by molar-refractivity contribution is -0.137. The third-order valence-corrected chi connectivity index (χ3v) is 5.94. The van der Waals surface area contributed by atoms with Crippen molar-refractivity contribution in [2.75, 3.05) is 6.54 Å². The fourth-order valence-electron chi connectivity index (χ4n) is 4.23. The zero-order valence-electron chi connectivity index (χ0n) is 18.0. The van der Waals surface area contributed by atoms with E-state index in [1.54, 1.807) is 26.9 Å². The molecule has 0 aliphatic carbocycles. The maximum atomic E-state index is 13.4. The Morgan fingerprint density at radius 3 is 2.16 bits per heavy atom. The van der Waals surface area contributed by atoms with Crippen molar-refractivity contribution in [2.24, 2.45) is 7.05 Å². The molecule has 8 nitrogen and oxygen atoms in total. The maximum absolute atomic E-state index is 13.4. The van der Waals surface area contributed by atoms with E-state index in [0.717, 1.165) is 22.0 Å². The number of ketones is 1. The van der Waals surface area contributed by atoms with Crippen molar-refractivity contribution in [3.63, 3.8) is 0 Å². The average Bonchev–Trinajstić information content (AvgIpc) is 3.29. The van der Waals surface area contributed by atoms with Crippen LogP contribution in [0.25, 0.3) is 11.4 Å². The number of Topliss-reactive ketones (excluding diaryl/α,β-unsaturated/α-hetero) is 1. The fourth-order valence-corrected chi connectivity index (χ4v) is 4.23. The highest BCUT2D eigenvalue weighted by molar-refractivity contribution is 6.08. The first kappa shape index (κ1) is 20.6. The molecule has 0 N–H and O–H groups in total. The van der Waals surface area contributed by atoms with Crippen molar-refractivity contribution < 1.29 is 14.4 Å². The van der Waals surface area contributed by atoms with Crippen LogP contribution in [-0.2, 0) is 16.6 Å². The summed E-state index contributed by atoms with van der Waals surface area (Å²) in [5.74, 6) is -0.964. The van der Waals surface area contributed by atoms with Gasteiger partial charge in [-0.15, -0.1) is 0 Å². The SMILES string of the molecule is Cc1cc(C(=O)CN2C(=O)CCC2=O)c(C)n1-c1c(C)n(C)n(-c2ccccc2)c1=O. The number of aromatic nitrogens is 3. The van der Waals surface area contributed by atoms with Crippen LogP contribution in [0.5, 0.6) is 0 Å². The van der Waals surface area contributed by atoms with Gasteiger partial charge in [0.25, 0.3) is 5.56 Å². The van der Waals surface area contributed by atoms with E-state index in [-0.39, 0.29) is 42.5 Å². The number of benzene rings is 1. The smallest absolute Gasteiger partial charge is 0.295 e. The molecule has 1 aromatic carbocycles. The number of imide groups is 1. The quantitative estimate of drug-likeness (QED) is 0.468. The van der Waals surface area contributed by atoms with Gasteiger partial charge in [-0.05, 0) is 39.0 Å². The van der Waals surface area contributed by atoms with Crippen LogP contribution in [0.15, 0.2) is 41.2 Å². The largest absolute Gasteiger partial charge is 0.311 e. The molecule has 31 heavy (non-hydrogen) atoms. The molecule has 4 rings (SSSR count). The first-order chi connectivity index (χ1) is 14.7.